The van der Waals surface area contributed by atoms with Crippen LogP contribution in [0.5, 0.6) is 0 Å². The van der Waals surface area contributed by atoms with Gasteiger partial charge in [0.25, 0.3) is 0 Å². The Hall–Kier alpha value is -1.28. The molecule has 0 aliphatic heterocycles. The van der Waals surface area contributed by atoms with Crippen LogP contribution in [0.2, 0.25) is 5.02 Å². The molecule has 2 N–H and O–H groups in total. The van der Waals surface area contributed by atoms with Crippen LogP contribution in [0.4, 0.5) is 0 Å². The van der Waals surface area contributed by atoms with Crippen molar-refractivity contribution in [3.05, 3.63) is 53.6 Å². The average Bonchev–Trinajstić information content (AvgIpc) is 3.02. The molecule has 0 spiro atoms. The summed E-state index contributed by atoms with van der Waals surface area (Å²) >= 11 is 6.15. The van der Waals surface area contributed by atoms with Crippen LogP contribution in [0.25, 0.3) is 0 Å². The second-order valence-corrected chi connectivity index (χ2v) is 5.24. The van der Waals surface area contributed by atoms with Gasteiger partial charge in [-0.3, -0.25) is 4.99 Å². The number of nitrogens with one attached hydrogen (secondary N) is 2. The Balaban J connectivity index is 0.00000264. The van der Waals surface area contributed by atoms with E-state index in [0.717, 1.165) is 42.6 Å². The minimum absolute atomic E-state index is 0. The number of hydrogen-bond donors (Lipinski definition) is 2. The number of guanidine groups is 1. The van der Waals surface area contributed by atoms with Gasteiger partial charge in [-0.05, 0) is 25.0 Å². The van der Waals surface area contributed by atoms with E-state index >= 15 is 0 Å². The molecule has 2 aromatic rings. The zero-order chi connectivity index (χ0) is 15.6. The molecule has 0 saturated carbocycles. The van der Waals surface area contributed by atoms with Crippen molar-refractivity contribution in [1.82, 2.24) is 20.2 Å². The number of rotatable bonds is 7. The molecular formula is C16H23ClIN5. The van der Waals surface area contributed by atoms with Gasteiger partial charge in [-0.25, -0.2) is 4.98 Å². The topological polar surface area (TPSA) is 54.2 Å². The van der Waals surface area contributed by atoms with Crippen LogP contribution in [0.3, 0.4) is 0 Å². The van der Waals surface area contributed by atoms with E-state index in [0.29, 0.717) is 6.54 Å². The van der Waals surface area contributed by atoms with Gasteiger partial charge in [0.05, 0.1) is 6.33 Å². The third-order valence-electron chi connectivity index (χ3n) is 3.17. The van der Waals surface area contributed by atoms with Crippen molar-refractivity contribution in [3.8, 4) is 0 Å². The molecule has 0 saturated heterocycles. The second-order valence-electron chi connectivity index (χ2n) is 4.83. The minimum atomic E-state index is 0. The summed E-state index contributed by atoms with van der Waals surface area (Å²) in [6.07, 6.45) is 6.37. The first-order valence-corrected chi connectivity index (χ1v) is 7.88. The van der Waals surface area contributed by atoms with E-state index < -0.39 is 0 Å². The summed E-state index contributed by atoms with van der Waals surface area (Å²) in [7, 11) is 0. The van der Waals surface area contributed by atoms with Gasteiger partial charge < -0.3 is 15.2 Å². The molecule has 2 rings (SSSR count). The van der Waals surface area contributed by atoms with E-state index in [4.69, 9.17) is 11.6 Å². The molecule has 7 heteroatoms. The van der Waals surface area contributed by atoms with Crippen LogP contribution in [-0.4, -0.2) is 35.1 Å². The second kappa shape index (κ2) is 11.3. The summed E-state index contributed by atoms with van der Waals surface area (Å²) in [5.74, 6) is 0.828. The Labute approximate surface area is 159 Å². The summed E-state index contributed by atoms with van der Waals surface area (Å²) in [4.78, 5) is 8.60. The van der Waals surface area contributed by atoms with Crippen molar-refractivity contribution in [3.63, 3.8) is 0 Å². The summed E-state index contributed by atoms with van der Waals surface area (Å²) in [6.45, 7) is 5.25. The zero-order valence-electron chi connectivity index (χ0n) is 13.2. The highest BCUT2D eigenvalue weighted by atomic mass is 127. The molecule has 0 fully saturated rings. The fourth-order valence-corrected chi connectivity index (χ4v) is 2.28. The average molecular weight is 448 g/mol. The number of hydrogen-bond acceptors (Lipinski definition) is 2. The molecule has 1 aromatic carbocycles. The van der Waals surface area contributed by atoms with Crippen molar-refractivity contribution in [2.45, 2.75) is 19.9 Å². The van der Waals surface area contributed by atoms with Crippen molar-refractivity contribution >= 4 is 41.5 Å². The SMILES string of the molecule is CCNC(=NCCc1ccccc1Cl)NCCn1ccnc1.I. The van der Waals surface area contributed by atoms with Crippen molar-refractivity contribution < 1.29 is 0 Å². The summed E-state index contributed by atoms with van der Waals surface area (Å²) < 4.78 is 2.03. The lowest BCUT2D eigenvalue weighted by Gasteiger charge is -2.11. The predicted octanol–water partition coefficient (Wildman–Crippen LogP) is 2.95. The molecule has 23 heavy (non-hydrogen) atoms. The third kappa shape index (κ3) is 7.22. The van der Waals surface area contributed by atoms with Gasteiger partial charge in [0, 0.05) is 43.6 Å². The predicted molar refractivity (Wildman–Crippen MR) is 107 cm³/mol. The molecule has 0 aliphatic rings. The zero-order valence-corrected chi connectivity index (χ0v) is 16.3. The van der Waals surface area contributed by atoms with E-state index in [1.54, 1.807) is 6.20 Å². The van der Waals surface area contributed by atoms with Crippen LogP contribution < -0.4 is 10.6 Å². The van der Waals surface area contributed by atoms with Gasteiger partial charge >= 0.3 is 0 Å². The third-order valence-corrected chi connectivity index (χ3v) is 3.54. The van der Waals surface area contributed by atoms with Gasteiger partial charge in [0.1, 0.15) is 0 Å². The van der Waals surface area contributed by atoms with E-state index in [2.05, 4.69) is 27.5 Å². The minimum Gasteiger partial charge on any atom is -0.357 e. The molecule has 0 bridgehead atoms. The highest BCUT2D eigenvalue weighted by Crippen LogP contribution is 2.15. The molecule has 0 amide bonds. The number of benzene rings is 1. The lowest BCUT2D eigenvalue weighted by molar-refractivity contribution is 0.662. The van der Waals surface area contributed by atoms with Crippen LogP contribution in [-0.2, 0) is 13.0 Å². The lowest BCUT2D eigenvalue weighted by Crippen LogP contribution is -2.39. The molecule has 5 nitrogen and oxygen atoms in total. The van der Waals surface area contributed by atoms with Crippen LogP contribution >= 0.6 is 35.6 Å². The summed E-state index contributed by atoms with van der Waals surface area (Å²) in [5.41, 5.74) is 1.13. The Bertz CT molecular complexity index is 586. The Morgan fingerprint density at radius 2 is 2.13 bits per heavy atom. The first-order valence-electron chi connectivity index (χ1n) is 7.51. The fraction of sp³-hybridized carbons (Fsp3) is 0.375. The molecule has 1 aromatic heterocycles. The van der Waals surface area contributed by atoms with Crippen LogP contribution in [0.1, 0.15) is 12.5 Å². The van der Waals surface area contributed by atoms with E-state index in [1.807, 2.05) is 41.4 Å². The summed E-state index contributed by atoms with van der Waals surface area (Å²) in [6, 6.07) is 7.89. The normalized spacial score (nSPS) is 11.0. The standard InChI is InChI=1S/C16H22ClN5.HI/c1-2-19-16(21-10-12-22-11-9-18-13-22)20-8-7-14-5-3-4-6-15(14)17;/h3-6,9,11,13H,2,7-8,10,12H2,1H3,(H2,19,20,21);1H. The van der Waals surface area contributed by atoms with Crippen LogP contribution in [0.15, 0.2) is 48.0 Å². The molecular weight excluding hydrogens is 425 g/mol. The van der Waals surface area contributed by atoms with Crippen molar-refractivity contribution in [2.24, 2.45) is 4.99 Å². The highest BCUT2D eigenvalue weighted by Gasteiger charge is 2.00. The van der Waals surface area contributed by atoms with Crippen LogP contribution in [0, 0.1) is 0 Å². The number of aliphatic imine (C=N–C) groups is 1. The monoisotopic (exact) mass is 447 g/mol. The molecule has 0 radical (unpaired) electrons. The molecule has 0 unspecified atom stereocenters. The number of nitrogens with zero attached hydrogens (tertiary/aromatic N) is 3. The number of imidazole rings is 1. The smallest absolute Gasteiger partial charge is 0.191 e. The molecule has 0 atom stereocenters. The molecule has 1 heterocycles. The summed E-state index contributed by atoms with van der Waals surface area (Å²) in [5, 5.41) is 7.36. The van der Waals surface area contributed by atoms with Gasteiger partial charge in [0.15, 0.2) is 5.96 Å². The molecule has 126 valence electrons. The number of halogens is 2. The fourth-order valence-electron chi connectivity index (χ4n) is 2.05. The maximum absolute atomic E-state index is 6.15. The maximum atomic E-state index is 6.15. The van der Waals surface area contributed by atoms with E-state index in [9.17, 15) is 0 Å². The Morgan fingerprint density at radius 3 is 2.83 bits per heavy atom. The Morgan fingerprint density at radius 1 is 1.30 bits per heavy atom. The Kier molecular flexibility index (Phi) is 9.70. The largest absolute Gasteiger partial charge is 0.357 e. The van der Waals surface area contributed by atoms with Gasteiger partial charge in [-0.1, -0.05) is 29.8 Å². The van der Waals surface area contributed by atoms with Crippen molar-refractivity contribution in [2.75, 3.05) is 19.6 Å². The lowest BCUT2D eigenvalue weighted by atomic mass is 10.1. The van der Waals surface area contributed by atoms with Gasteiger partial charge in [-0.15, -0.1) is 24.0 Å². The van der Waals surface area contributed by atoms with E-state index in [1.165, 1.54) is 0 Å². The first kappa shape index (κ1) is 19.8. The maximum Gasteiger partial charge on any atom is 0.191 e. The van der Waals surface area contributed by atoms with Gasteiger partial charge in [0.2, 0.25) is 0 Å². The highest BCUT2D eigenvalue weighted by molar-refractivity contribution is 14.0. The van der Waals surface area contributed by atoms with Crippen molar-refractivity contribution in [1.29, 1.82) is 0 Å². The van der Waals surface area contributed by atoms with E-state index in [-0.39, 0.29) is 24.0 Å². The number of aromatic nitrogens is 2. The quantitative estimate of drug-likeness (QED) is 0.390. The first-order chi connectivity index (χ1) is 10.8. The van der Waals surface area contributed by atoms with Gasteiger partial charge in [-0.2, -0.15) is 0 Å². The molecule has 0 aliphatic carbocycles.